The number of aromatic hydroxyl groups is 1. The summed E-state index contributed by atoms with van der Waals surface area (Å²) in [6.07, 6.45) is 4.15. The first-order valence-electron chi connectivity index (χ1n) is 7.20. The summed E-state index contributed by atoms with van der Waals surface area (Å²) >= 11 is 9.03. The molecule has 2 aromatic heterocycles. The van der Waals surface area contributed by atoms with Gasteiger partial charge in [0.05, 0.1) is 17.4 Å². The summed E-state index contributed by atoms with van der Waals surface area (Å²) in [5, 5.41) is 14.5. The van der Waals surface area contributed by atoms with Gasteiger partial charge in [-0.05, 0) is 46.3 Å². The van der Waals surface area contributed by atoms with Crippen LogP contribution in [-0.4, -0.2) is 31.7 Å². The third-order valence-corrected chi connectivity index (χ3v) is 3.94. The van der Waals surface area contributed by atoms with Crippen molar-refractivity contribution in [1.29, 1.82) is 0 Å². The molecule has 0 aliphatic rings. The largest absolute Gasteiger partial charge is 0.504 e. The molecule has 0 spiro atoms. The van der Waals surface area contributed by atoms with Crippen LogP contribution in [0.15, 0.2) is 53.4 Å². The van der Waals surface area contributed by atoms with Crippen molar-refractivity contribution >= 4 is 39.3 Å². The summed E-state index contributed by atoms with van der Waals surface area (Å²) in [4.78, 5) is 28.0. The van der Waals surface area contributed by atoms with Crippen LogP contribution in [-0.2, 0) is 0 Å². The number of hydrogen-bond acceptors (Lipinski definition) is 5. The monoisotopic (exact) mass is 435 g/mol. The molecule has 3 aromatic rings. The minimum atomic E-state index is -0.772. The van der Waals surface area contributed by atoms with Crippen LogP contribution in [0, 0.1) is 0 Å². The topological polar surface area (TPSA) is 109 Å². The zero-order chi connectivity index (χ0) is 18.7. The predicted octanol–water partition coefficient (Wildman–Crippen LogP) is 2.46. The molecule has 2 heterocycles. The van der Waals surface area contributed by atoms with Gasteiger partial charge in [0.25, 0.3) is 11.8 Å². The number of hydrazine groups is 1. The van der Waals surface area contributed by atoms with E-state index in [4.69, 9.17) is 11.6 Å². The van der Waals surface area contributed by atoms with E-state index < -0.39 is 11.8 Å². The van der Waals surface area contributed by atoms with Gasteiger partial charge in [-0.15, -0.1) is 0 Å². The minimum absolute atomic E-state index is 0.243. The van der Waals surface area contributed by atoms with Gasteiger partial charge in [-0.25, -0.2) is 4.68 Å². The number of nitrogens with one attached hydrogen (secondary N) is 2. The van der Waals surface area contributed by atoms with Crippen LogP contribution in [0.25, 0.3) is 5.69 Å². The van der Waals surface area contributed by atoms with Crippen molar-refractivity contribution in [3.63, 3.8) is 0 Å². The first-order chi connectivity index (χ1) is 12.4. The molecule has 10 heteroatoms. The molecule has 132 valence electrons. The van der Waals surface area contributed by atoms with Gasteiger partial charge < -0.3 is 5.11 Å². The summed E-state index contributed by atoms with van der Waals surface area (Å²) in [7, 11) is 0. The summed E-state index contributed by atoms with van der Waals surface area (Å²) in [5.74, 6) is -1.67. The van der Waals surface area contributed by atoms with Crippen molar-refractivity contribution in [2.24, 2.45) is 0 Å². The second-order valence-electron chi connectivity index (χ2n) is 5.08. The Bertz CT molecular complexity index is 974. The summed E-state index contributed by atoms with van der Waals surface area (Å²) in [5.41, 5.74) is 5.03. The van der Waals surface area contributed by atoms with Crippen LogP contribution in [0.1, 0.15) is 20.8 Å². The Kier molecular flexibility index (Phi) is 5.19. The van der Waals surface area contributed by atoms with Gasteiger partial charge in [0, 0.05) is 21.9 Å². The van der Waals surface area contributed by atoms with E-state index in [1.54, 1.807) is 30.3 Å². The Hall–Kier alpha value is -2.91. The molecular weight excluding hydrogens is 426 g/mol. The van der Waals surface area contributed by atoms with E-state index in [1.165, 1.54) is 23.3 Å². The lowest BCUT2D eigenvalue weighted by molar-refractivity contribution is 0.0841. The van der Waals surface area contributed by atoms with Gasteiger partial charge in [-0.1, -0.05) is 11.6 Å². The third kappa shape index (κ3) is 4.01. The average Bonchev–Trinajstić information content (AvgIpc) is 3.02. The second kappa shape index (κ2) is 7.54. The molecule has 0 saturated heterocycles. The zero-order valence-corrected chi connectivity index (χ0v) is 15.3. The Balaban J connectivity index is 1.70. The maximum absolute atomic E-state index is 12.2. The third-order valence-electron chi connectivity index (χ3n) is 3.26. The maximum atomic E-state index is 12.2. The van der Waals surface area contributed by atoms with Gasteiger partial charge in [0.1, 0.15) is 0 Å². The molecule has 0 aliphatic heterocycles. The highest BCUT2D eigenvalue weighted by Gasteiger charge is 2.18. The normalized spacial score (nSPS) is 10.4. The van der Waals surface area contributed by atoms with Crippen LogP contribution in [0.3, 0.4) is 0 Å². The van der Waals surface area contributed by atoms with Crippen molar-refractivity contribution in [3.05, 3.63) is 69.7 Å². The summed E-state index contributed by atoms with van der Waals surface area (Å²) in [6, 6.07) is 8.21. The van der Waals surface area contributed by atoms with Crippen molar-refractivity contribution in [2.75, 3.05) is 0 Å². The number of amides is 2. The van der Waals surface area contributed by atoms with Crippen LogP contribution in [0.2, 0.25) is 5.02 Å². The molecule has 0 bridgehead atoms. The molecule has 0 saturated carbocycles. The number of rotatable bonds is 3. The number of carbonyl (C=O) groups is 2. The second-order valence-corrected chi connectivity index (χ2v) is 6.44. The number of carbonyl (C=O) groups excluding carboxylic acids is 2. The Morgan fingerprint density at radius 2 is 1.81 bits per heavy atom. The van der Waals surface area contributed by atoms with E-state index in [-0.39, 0.29) is 17.0 Å². The van der Waals surface area contributed by atoms with Crippen molar-refractivity contribution in [2.45, 2.75) is 0 Å². The quantitative estimate of drug-likeness (QED) is 0.547. The lowest BCUT2D eigenvalue weighted by Gasteiger charge is -2.06. The van der Waals surface area contributed by atoms with E-state index in [2.05, 4.69) is 36.9 Å². The average molecular weight is 437 g/mol. The van der Waals surface area contributed by atoms with Crippen molar-refractivity contribution in [1.82, 2.24) is 25.6 Å². The fourth-order valence-corrected chi connectivity index (χ4v) is 2.52. The smallest absolute Gasteiger partial charge is 0.294 e. The summed E-state index contributed by atoms with van der Waals surface area (Å²) in [6.45, 7) is 0. The fourth-order valence-electron chi connectivity index (χ4n) is 2.03. The zero-order valence-electron chi connectivity index (χ0n) is 13.0. The maximum Gasteiger partial charge on any atom is 0.294 e. The van der Waals surface area contributed by atoms with E-state index in [1.807, 2.05) is 0 Å². The van der Waals surface area contributed by atoms with Crippen molar-refractivity contribution < 1.29 is 14.7 Å². The van der Waals surface area contributed by atoms with E-state index in [0.29, 0.717) is 15.2 Å². The van der Waals surface area contributed by atoms with E-state index in [9.17, 15) is 14.7 Å². The first-order valence-corrected chi connectivity index (χ1v) is 8.37. The molecular formula is C16H11BrClN5O3. The number of pyridine rings is 1. The molecule has 0 atom stereocenters. The molecule has 2 amide bonds. The highest BCUT2D eigenvalue weighted by atomic mass is 79.9. The van der Waals surface area contributed by atoms with Gasteiger partial charge in [-0.3, -0.25) is 25.4 Å². The lowest BCUT2D eigenvalue weighted by Crippen LogP contribution is -2.41. The summed E-state index contributed by atoms with van der Waals surface area (Å²) < 4.78 is 1.94. The molecule has 26 heavy (non-hydrogen) atoms. The Morgan fingerprint density at radius 3 is 2.50 bits per heavy atom. The SMILES string of the molecule is O=C(NNC(=O)c1nn(-c2ccc(Cl)cc2)cc1O)c1cncc(Br)c1. The standard InChI is InChI=1S/C16H11BrClN5O3/c17-10-5-9(6-19-7-10)15(25)20-21-16(26)14-13(24)8-23(22-14)12-3-1-11(18)2-4-12/h1-8,24H,(H,20,25)(H,21,26). The van der Waals surface area contributed by atoms with Crippen LogP contribution in [0.5, 0.6) is 5.75 Å². The highest BCUT2D eigenvalue weighted by molar-refractivity contribution is 9.10. The fraction of sp³-hybridized carbons (Fsp3) is 0. The van der Waals surface area contributed by atoms with Crippen molar-refractivity contribution in [3.8, 4) is 11.4 Å². The number of aromatic nitrogens is 3. The van der Waals surface area contributed by atoms with E-state index >= 15 is 0 Å². The van der Waals surface area contributed by atoms with Gasteiger partial charge in [0.2, 0.25) is 0 Å². The van der Waals surface area contributed by atoms with Crippen LogP contribution < -0.4 is 10.9 Å². The van der Waals surface area contributed by atoms with Crippen LogP contribution in [0.4, 0.5) is 0 Å². The number of benzene rings is 1. The van der Waals surface area contributed by atoms with Gasteiger partial charge in [0.15, 0.2) is 11.4 Å². The number of hydrogen-bond donors (Lipinski definition) is 3. The van der Waals surface area contributed by atoms with Gasteiger partial charge in [-0.2, -0.15) is 5.10 Å². The number of halogens is 2. The predicted molar refractivity (Wildman–Crippen MR) is 97.1 cm³/mol. The molecule has 0 unspecified atom stereocenters. The number of nitrogens with zero attached hydrogens (tertiary/aromatic N) is 3. The van der Waals surface area contributed by atoms with Gasteiger partial charge >= 0.3 is 0 Å². The molecule has 0 fully saturated rings. The molecule has 1 aromatic carbocycles. The molecule has 3 rings (SSSR count). The molecule has 0 aliphatic carbocycles. The van der Waals surface area contributed by atoms with Crippen LogP contribution >= 0.6 is 27.5 Å². The lowest BCUT2D eigenvalue weighted by atomic mass is 10.3. The molecule has 3 N–H and O–H groups in total. The highest BCUT2D eigenvalue weighted by Crippen LogP contribution is 2.19. The first kappa shape index (κ1) is 17.9. The molecule has 8 nitrogen and oxygen atoms in total. The Morgan fingerprint density at radius 1 is 1.12 bits per heavy atom. The van der Waals surface area contributed by atoms with E-state index in [0.717, 1.165) is 0 Å². The Labute approximate surface area is 160 Å². The minimum Gasteiger partial charge on any atom is -0.504 e. The molecule has 0 radical (unpaired) electrons.